The Kier molecular flexibility index (Phi) is 9.11. The number of rotatable bonds is 11. The van der Waals surface area contributed by atoms with Gasteiger partial charge in [-0.3, -0.25) is 4.79 Å². The molecule has 4 nitrogen and oxygen atoms in total. The van der Waals surface area contributed by atoms with Crippen LogP contribution in [0.2, 0.25) is 0 Å². The maximum absolute atomic E-state index is 12.9. The van der Waals surface area contributed by atoms with E-state index in [-0.39, 0.29) is 11.6 Å². The van der Waals surface area contributed by atoms with Gasteiger partial charge in [-0.25, -0.2) is 0 Å². The van der Waals surface area contributed by atoms with Crippen molar-refractivity contribution in [3.8, 4) is 5.75 Å². The molecule has 1 amide bonds. The zero-order valence-corrected chi connectivity index (χ0v) is 19.4. The summed E-state index contributed by atoms with van der Waals surface area (Å²) in [6.45, 7) is 2.89. The second kappa shape index (κ2) is 12.0. The Morgan fingerprint density at radius 3 is 2.52 bits per heavy atom. The molecule has 0 aliphatic carbocycles. The van der Waals surface area contributed by atoms with Crippen LogP contribution >= 0.6 is 11.8 Å². The maximum atomic E-state index is 12.9. The van der Waals surface area contributed by atoms with Gasteiger partial charge in [-0.2, -0.15) is 13.2 Å². The molecule has 0 radical (unpaired) electrons. The third kappa shape index (κ3) is 8.03. The van der Waals surface area contributed by atoms with Gasteiger partial charge in [0, 0.05) is 5.69 Å². The predicted octanol–water partition coefficient (Wildman–Crippen LogP) is 7.04. The van der Waals surface area contributed by atoms with E-state index in [1.807, 2.05) is 24.3 Å². The van der Waals surface area contributed by atoms with Crippen LogP contribution in [0.5, 0.6) is 5.75 Å². The number of benzene rings is 2. The molecule has 1 saturated heterocycles. The van der Waals surface area contributed by atoms with Gasteiger partial charge >= 0.3 is 6.18 Å². The number of hydrogen-bond acceptors (Lipinski definition) is 4. The minimum Gasteiger partial charge on any atom is -0.494 e. The number of halogens is 3. The number of nitrogens with one attached hydrogen (secondary N) is 2. The van der Waals surface area contributed by atoms with Crippen LogP contribution in [0, 0.1) is 0 Å². The summed E-state index contributed by atoms with van der Waals surface area (Å²) in [4.78, 5) is 12.8. The van der Waals surface area contributed by atoms with Crippen LogP contribution in [0.25, 0.3) is 6.08 Å². The van der Waals surface area contributed by atoms with Crippen molar-refractivity contribution in [1.29, 1.82) is 0 Å². The minimum atomic E-state index is -4.42. The summed E-state index contributed by atoms with van der Waals surface area (Å²) >= 11 is 1.23. The Balaban J connectivity index is 1.49. The highest BCUT2D eigenvalue weighted by molar-refractivity contribution is 8.05. The maximum Gasteiger partial charge on any atom is 0.416 e. The molecule has 33 heavy (non-hydrogen) atoms. The molecule has 0 bridgehead atoms. The van der Waals surface area contributed by atoms with E-state index >= 15 is 0 Å². The van der Waals surface area contributed by atoms with Gasteiger partial charge in [-0.05, 0) is 48.4 Å². The van der Waals surface area contributed by atoms with Gasteiger partial charge in [0.05, 0.1) is 17.1 Å². The summed E-state index contributed by atoms with van der Waals surface area (Å²) in [5.41, 5.74) is -0.154. The van der Waals surface area contributed by atoms with Crippen molar-refractivity contribution in [1.82, 2.24) is 5.32 Å². The quantitative estimate of drug-likeness (QED) is 0.269. The van der Waals surface area contributed by atoms with Crippen LogP contribution in [0.4, 0.5) is 18.9 Å². The number of carbonyl (C=O) groups is 1. The monoisotopic (exact) mass is 478 g/mol. The molecule has 2 aromatic carbocycles. The van der Waals surface area contributed by atoms with E-state index in [4.69, 9.17) is 4.74 Å². The SMILES string of the molecule is CCCCCCCCOc1ccc(C=C2SC(Nc3cccc(C(F)(F)F)c3)NC2=O)cc1. The number of ether oxygens (including phenoxy) is 1. The van der Waals surface area contributed by atoms with Crippen molar-refractivity contribution in [2.75, 3.05) is 11.9 Å². The fourth-order valence-electron chi connectivity index (χ4n) is 3.39. The lowest BCUT2D eigenvalue weighted by Gasteiger charge is -2.14. The van der Waals surface area contributed by atoms with Crippen molar-refractivity contribution >= 4 is 29.4 Å². The van der Waals surface area contributed by atoms with E-state index in [1.54, 1.807) is 6.08 Å². The van der Waals surface area contributed by atoms with Gasteiger partial charge < -0.3 is 15.4 Å². The van der Waals surface area contributed by atoms with Crippen molar-refractivity contribution < 1.29 is 22.7 Å². The number of unbranched alkanes of at least 4 members (excludes halogenated alkanes) is 5. The van der Waals surface area contributed by atoms with Crippen LogP contribution in [0.3, 0.4) is 0 Å². The summed E-state index contributed by atoms with van der Waals surface area (Å²) in [6.07, 6.45) is 4.60. The van der Waals surface area contributed by atoms with Crippen molar-refractivity contribution in [2.24, 2.45) is 0 Å². The average Bonchev–Trinajstić information content (AvgIpc) is 3.12. The zero-order valence-electron chi connectivity index (χ0n) is 18.6. The van der Waals surface area contributed by atoms with E-state index in [1.165, 1.54) is 56.0 Å². The third-order valence-corrected chi connectivity index (χ3v) is 6.19. The molecule has 8 heteroatoms. The molecular formula is C25H29F3N2O2S. The molecule has 1 aliphatic heterocycles. The molecule has 178 valence electrons. The van der Waals surface area contributed by atoms with Gasteiger partial charge in [0.15, 0.2) is 5.50 Å². The Labute approximate surface area is 197 Å². The van der Waals surface area contributed by atoms with Gasteiger partial charge in [0.25, 0.3) is 5.91 Å². The second-order valence-corrected chi connectivity index (χ2v) is 9.04. The number of alkyl halides is 3. The Hall–Kier alpha value is -2.61. The molecule has 1 unspecified atom stereocenters. The highest BCUT2D eigenvalue weighted by atomic mass is 32.2. The van der Waals surface area contributed by atoms with E-state index in [2.05, 4.69) is 17.6 Å². The lowest BCUT2D eigenvalue weighted by Crippen LogP contribution is -2.31. The number of amides is 1. The highest BCUT2D eigenvalue weighted by Crippen LogP contribution is 2.33. The van der Waals surface area contributed by atoms with E-state index in [9.17, 15) is 18.0 Å². The largest absolute Gasteiger partial charge is 0.494 e. The normalized spacial score (nSPS) is 17.3. The first-order valence-corrected chi connectivity index (χ1v) is 12.1. The van der Waals surface area contributed by atoms with Crippen LogP contribution in [-0.4, -0.2) is 18.0 Å². The molecule has 3 rings (SSSR count). The van der Waals surface area contributed by atoms with Gasteiger partial charge in [0.2, 0.25) is 0 Å². The fourth-order valence-corrected chi connectivity index (χ4v) is 4.37. The molecule has 1 aliphatic rings. The minimum absolute atomic E-state index is 0.270. The number of thioether (sulfide) groups is 1. The molecule has 1 atom stereocenters. The van der Waals surface area contributed by atoms with Crippen LogP contribution in [0.15, 0.2) is 53.4 Å². The van der Waals surface area contributed by atoms with Crippen molar-refractivity contribution in [3.05, 3.63) is 64.6 Å². The Bertz CT molecular complexity index is 945. The topological polar surface area (TPSA) is 50.4 Å². The summed E-state index contributed by atoms with van der Waals surface area (Å²) in [5, 5.41) is 5.66. The molecule has 1 fully saturated rings. The third-order valence-electron chi connectivity index (χ3n) is 5.16. The van der Waals surface area contributed by atoms with Crippen LogP contribution in [-0.2, 0) is 11.0 Å². The molecular weight excluding hydrogens is 449 g/mol. The number of carbonyl (C=O) groups excluding carboxylic acids is 1. The van der Waals surface area contributed by atoms with E-state index in [0.717, 1.165) is 29.9 Å². The predicted molar refractivity (Wildman–Crippen MR) is 128 cm³/mol. The highest BCUT2D eigenvalue weighted by Gasteiger charge is 2.31. The Morgan fingerprint density at radius 1 is 1.06 bits per heavy atom. The summed E-state index contributed by atoms with van der Waals surface area (Å²) in [7, 11) is 0. The lowest BCUT2D eigenvalue weighted by molar-refractivity contribution is -0.137. The zero-order chi connectivity index (χ0) is 23.7. The number of hydrogen-bond donors (Lipinski definition) is 2. The van der Waals surface area contributed by atoms with Gasteiger partial charge in [0.1, 0.15) is 5.75 Å². The first-order chi connectivity index (χ1) is 15.8. The second-order valence-electron chi connectivity index (χ2n) is 7.89. The summed E-state index contributed by atoms with van der Waals surface area (Å²) in [5.74, 6) is 0.520. The molecule has 2 N–H and O–H groups in total. The van der Waals surface area contributed by atoms with Crippen molar-refractivity contribution in [2.45, 2.75) is 57.1 Å². The fraction of sp³-hybridized carbons (Fsp3) is 0.400. The Morgan fingerprint density at radius 2 is 1.79 bits per heavy atom. The molecule has 0 aromatic heterocycles. The molecule has 2 aromatic rings. The standard InChI is InChI=1S/C25H29F3N2O2S/c1-2-3-4-5-6-7-15-32-21-13-11-18(12-14-21)16-22-23(31)30-24(33-22)29-20-10-8-9-19(17-20)25(26,27)28/h8-14,16-17,24,29H,2-7,15H2,1H3,(H,30,31). The van der Waals surface area contributed by atoms with Crippen LogP contribution < -0.4 is 15.4 Å². The summed E-state index contributed by atoms with van der Waals surface area (Å²) < 4.78 is 44.5. The van der Waals surface area contributed by atoms with E-state index < -0.39 is 17.2 Å². The summed E-state index contributed by atoms with van der Waals surface area (Å²) in [6, 6.07) is 12.4. The van der Waals surface area contributed by atoms with Crippen LogP contribution in [0.1, 0.15) is 56.6 Å². The lowest BCUT2D eigenvalue weighted by atomic mass is 10.1. The van der Waals surface area contributed by atoms with Crippen molar-refractivity contribution in [3.63, 3.8) is 0 Å². The molecule has 0 spiro atoms. The first kappa shape index (κ1) is 25.0. The first-order valence-electron chi connectivity index (χ1n) is 11.2. The number of anilines is 1. The molecule has 1 heterocycles. The van der Waals surface area contributed by atoms with Gasteiger partial charge in [-0.1, -0.05) is 69.0 Å². The average molecular weight is 479 g/mol. The van der Waals surface area contributed by atoms with Gasteiger partial charge in [-0.15, -0.1) is 0 Å². The molecule has 0 saturated carbocycles. The smallest absolute Gasteiger partial charge is 0.416 e. The van der Waals surface area contributed by atoms with E-state index in [0.29, 0.717) is 11.5 Å².